The van der Waals surface area contributed by atoms with Gasteiger partial charge in [0.1, 0.15) is 0 Å². The van der Waals surface area contributed by atoms with E-state index in [1.807, 2.05) is 24.3 Å². The summed E-state index contributed by atoms with van der Waals surface area (Å²) >= 11 is 0. The Morgan fingerprint density at radius 3 is 2.56 bits per heavy atom. The number of carbonyl (C=O) groups excluding carboxylic acids is 1. The van der Waals surface area contributed by atoms with Gasteiger partial charge in [-0.2, -0.15) is 0 Å². The van der Waals surface area contributed by atoms with Crippen LogP contribution >= 0.6 is 0 Å². The zero-order valence-electron chi connectivity index (χ0n) is 9.62. The molecule has 0 unspecified atom stereocenters. The van der Waals surface area contributed by atoms with Gasteiger partial charge in [-0.25, -0.2) is 4.79 Å². The van der Waals surface area contributed by atoms with Gasteiger partial charge in [-0.15, -0.1) is 0 Å². The summed E-state index contributed by atoms with van der Waals surface area (Å²) in [7, 11) is 0. The minimum Gasteiger partial charge on any atom is -0.338 e. The van der Waals surface area contributed by atoms with E-state index in [9.17, 15) is 4.79 Å². The summed E-state index contributed by atoms with van der Waals surface area (Å²) in [5.41, 5.74) is 2.13. The van der Waals surface area contributed by atoms with Gasteiger partial charge in [-0.1, -0.05) is 19.1 Å². The third-order valence-electron chi connectivity index (χ3n) is 2.87. The fraction of sp³-hybridized carbons (Fsp3) is 0.462. The highest BCUT2D eigenvalue weighted by atomic mass is 16.2. The molecule has 86 valence electrons. The average molecular weight is 218 g/mol. The molecule has 16 heavy (non-hydrogen) atoms. The fourth-order valence-corrected chi connectivity index (χ4v) is 1.56. The highest BCUT2D eigenvalue weighted by Gasteiger charge is 2.21. The van der Waals surface area contributed by atoms with Crippen molar-refractivity contribution in [3.05, 3.63) is 29.8 Å². The number of hydrogen-bond donors (Lipinski definition) is 2. The van der Waals surface area contributed by atoms with Gasteiger partial charge in [0.15, 0.2) is 0 Å². The van der Waals surface area contributed by atoms with Crippen LogP contribution in [0.2, 0.25) is 0 Å². The lowest BCUT2D eigenvalue weighted by Gasteiger charge is -2.07. The van der Waals surface area contributed by atoms with E-state index >= 15 is 0 Å². The number of amides is 2. The van der Waals surface area contributed by atoms with E-state index in [0.717, 1.165) is 18.7 Å². The molecule has 3 nitrogen and oxygen atoms in total. The molecule has 0 radical (unpaired) electrons. The van der Waals surface area contributed by atoms with Gasteiger partial charge < -0.3 is 10.6 Å². The van der Waals surface area contributed by atoms with Crippen molar-refractivity contribution in [2.45, 2.75) is 26.2 Å². The van der Waals surface area contributed by atoms with Gasteiger partial charge in [0.2, 0.25) is 0 Å². The molecule has 1 fully saturated rings. The van der Waals surface area contributed by atoms with E-state index in [-0.39, 0.29) is 6.03 Å². The molecule has 0 aromatic heterocycles. The average Bonchev–Trinajstić information content (AvgIpc) is 3.11. The van der Waals surface area contributed by atoms with E-state index < -0.39 is 0 Å². The molecule has 3 heteroatoms. The zero-order valence-corrected chi connectivity index (χ0v) is 9.62. The number of rotatable bonds is 4. The first kappa shape index (κ1) is 11.0. The minimum atomic E-state index is -0.101. The second kappa shape index (κ2) is 5.01. The number of benzene rings is 1. The van der Waals surface area contributed by atoms with Crippen LogP contribution in [0.3, 0.4) is 0 Å². The second-order valence-electron chi connectivity index (χ2n) is 4.33. The Balaban J connectivity index is 1.79. The minimum absolute atomic E-state index is 0.101. The molecule has 0 aliphatic heterocycles. The summed E-state index contributed by atoms with van der Waals surface area (Å²) in [6.45, 7) is 2.92. The summed E-state index contributed by atoms with van der Waals surface area (Å²) in [6, 6.07) is 7.86. The molecular weight excluding hydrogens is 200 g/mol. The van der Waals surface area contributed by atoms with Gasteiger partial charge in [0.05, 0.1) is 0 Å². The van der Waals surface area contributed by atoms with Gasteiger partial charge in [0.25, 0.3) is 0 Å². The summed E-state index contributed by atoms with van der Waals surface area (Å²) < 4.78 is 0. The lowest BCUT2D eigenvalue weighted by atomic mass is 10.1. The molecule has 0 saturated heterocycles. The molecule has 1 aliphatic rings. The molecule has 2 N–H and O–H groups in total. The normalized spacial score (nSPS) is 14.6. The van der Waals surface area contributed by atoms with Crippen LogP contribution in [0.4, 0.5) is 10.5 Å². The molecule has 2 amide bonds. The Bertz CT molecular complexity index is 355. The molecule has 0 spiro atoms. The molecule has 0 atom stereocenters. The smallest absolute Gasteiger partial charge is 0.319 e. The zero-order chi connectivity index (χ0) is 11.4. The Hall–Kier alpha value is -1.51. The van der Waals surface area contributed by atoms with Crippen molar-refractivity contribution in [1.82, 2.24) is 5.32 Å². The molecule has 0 bridgehead atoms. The SMILES string of the molecule is CCc1ccc(NC(=O)NCC2CC2)cc1. The van der Waals surface area contributed by atoms with Crippen molar-refractivity contribution in [3.63, 3.8) is 0 Å². The molecular formula is C13H18N2O. The molecule has 1 aromatic carbocycles. The number of hydrogen-bond acceptors (Lipinski definition) is 1. The van der Waals surface area contributed by atoms with Crippen LogP contribution in [0.25, 0.3) is 0 Å². The Kier molecular flexibility index (Phi) is 3.44. The van der Waals surface area contributed by atoms with Crippen LogP contribution in [0.15, 0.2) is 24.3 Å². The number of urea groups is 1. The summed E-state index contributed by atoms with van der Waals surface area (Å²) in [5.74, 6) is 0.716. The van der Waals surface area contributed by atoms with Crippen LogP contribution in [0.5, 0.6) is 0 Å². The van der Waals surface area contributed by atoms with Crippen LogP contribution in [0.1, 0.15) is 25.3 Å². The van der Waals surface area contributed by atoms with E-state index in [1.165, 1.54) is 18.4 Å². The van der Waals surface area contributed by atoms with E-state index in [1.54, 1.807) is 0 Å². The topological polar surface area (TPSA) is 41.1 Å². The van der Waals surface area contributed by atoms with Crippen LogP contribution in [0, 0.1) is 5.92 Å². The summed E-state index contributed by atoms with van der Waals surface area (Å²) in [5, 5.41) is 5.70. The van der Waals surface area contributed by atoms with Crippen molar-refractivity contribution in [2.24, 2.45) is 5.92 Å². The summed E-state index contributed by atoms with van der Waals surface area (Å²) in [4.78, 5) is 11.5. The molecule has 1 aromatic rings. The van der Waals surface area contributed by atoms with E-state index in [2.05, 4.69) is 17.6 Å². The third kappa shape index (κ3) is 3.26. The first-order valence-corrected chi connectivity index (χ1v) is 5.91. The van der Waals surface area contributed by atoms with Crippen molar-refractivity contribution in [1.29, 1.82) is 0 Å². The standard InChI is InChI=1S/C13H18N2O/c1-2-10-5-7-12(8-6-10)15-13(16)14-9-11-3-4-11/h5-8,11H,2-4,9H2,1H3,(H2,14,15,16). The lowest BCUT2D eigenvalue weighted by Crippen LogP contribution is -2.30. The van der Waals surface area contributed by atoms with Crippen LogP contribution in [-0.4, -0.2) is 12.6 Å². The van der Waals surface area contributed by atoms with E-state index in [0.29, 0.717) is 5.92 Å². The van der Waals surface area contributed by atoms with E-state index in [4.69, 9.17) is 0 Å². The van der Waals surface area contributed by atoms with Crippen molar-refractivity contribution >= 4 is 11.7 Å². The van der Waals surface area contributed by atoms with Crippen LogP contribution in [-0.2, 0) is 6.42 Å². The highest BCUT2D eigenvalue weighted by Crippen LogP contribution is 2.27. The van der Waals surface area contributed by atoms with Gasteiger partial charge in [0, 0.05) is 12.2 Å². The quantitative estimate of drug-likeness (QED) is 0.801. The Morgan fingerprint density at radius 1 is 1.31 bits per heavy atom. The lowest BCUT2D eigenvalue weighted by molar-refractivity contribution is 0.251. The molecule has 0 heterocycles. The van der Waals surface area contributed by atoms with Crippen molar-refractivity contribution in [3.8, 4) is 0 Å². The first-order valence-electron chi connectivity index (χ1n) is 5.91. The Labute approximate surface area is 96.2 Å². The largest absolute Gasteiger partial charge is 0.338 e. The van der Waals surface area contributed by atoms with Crippen LogP contribution < -0.4 is 10.6 Å². The summed E-state index contributed by atoms with van der Waals surface area (Å²) in [6.07, 6.45) is 3.53. The van der Waals surface area contributed by atoms with Gasteiger partial charge in [-0.05, 0) is 42.9 Å². The maximum atomic E-state index is 11.5. The molecule has 1 aliphatic carbocycles. The van der Waals surface area contributed by atoms with Gasteiger partial charge in [-0.3, -0.25) is 0 Å². The predicted octanol–water partition coefficient (Wildman–Crippen LogP) is 2.78. The molecule has 2 rings (SSSR count). The number of carbonyl (C=O) groups is 1. The fourth-order valence-electron chi connectivity index (χ4n) is 1.56. The van der Waals surface area contributed by atoms with Crippen molar-refractivity contribution in [2.75, 3.05) is 11.9 Å². The maximum Gasteiger partial charge on any atom is 0.319 e. The first-order chi connectivity index (χ1) is 7.78. The highest BCUT2D eigenvalue weighted by molar-refractivity contribution is 5.89. The number of nitrogens with one attached hydrogen (secondary N) is 2. The monoisotopic (exact) mass is 218 g/mol. The Morgan fingerprint density at radius 2 is 2.00 bits per heavy atom. The van der Waals surface area contributed by atoms with Crippen molar-refractivity contribution < 1.29 is 4.79 Å². The molecule has 1 saturated carbocycles. The van der Waals surface area contributed by atoms with Gasteiger partial charge >= 0.3 is 6.03 Å². The number of aryl methyl sites for hydroxylation is 1. The second-order valence-corrected chi connectivity index (χ2v) is 4.33. The number of anilines is 1. The predicted molar refractivity (Wildman–Crippen MR) is 65.6 cm³/mol. The maximum absolute atomic E-state index is 11.5. The third-order valence-corrected chi connectivity index (χ3v) is 2.87.